The van der Waals surface area contributed by atoms with Crippen molar-refractivity contribution in [2.45, 2.75) is 13.2 Å². The van der Waals surface area contributed by atoms with Crippen LogP contribution in [0.3, 0.4) is 0 Å². The number of ether oxygens (including phenoxy) is 4. The van der Waals surface area contributed by atoms with Gasteiger partial charge in [-0.2, -0.15) is 8.78 Å². The van der Waals surface area contributed by atoms with E-state index in [1.807, 2.05) is 0 Å². The molecule has 0 saturated heterocycles. The fraction of sp³-hybridized carbons (Fsp3) is 0.278. The Morgan fingerprint density at radius 3 is 2.38 bits per heavy atom. The molecule has 0 aliphatic rings. The maximum absolute atomic E-state index is 12.7. The molecule has 1 amide bonds. The highest BCUT2D eigenvalue weighted by Crippen LogP contribution is 2.32. The Labute approximate surface area is 149 Å². The average Bonchev–Trinajstić information content (AvgIpc) is 2.65. The highest BCUT2D eigenvalue weighted by Gasteiger charge is 2.20. The quantitative estimate of drug-likeness (QED) is 0.776. The predicted octanol–water partition coefficient (Wildman–Crippen LogP) is 3.24. The number of nitrogens with one attached hydrogen (secondary N) is 1. The van der Waals surface area contributed by atoms with E-state index in [1.165, 1.54) is 39.5 Å². The normalized spacial score (nSPS) is 10.4. The number of carbonyl (C=O) groups is 1. The number of rotatable bonds is 8. The van der Waals surface area contributed by atoms with Crippen molar-refractivity contribution in [1.82, 2.24) is 5.32 Å². The number of methoxy groups -OCH3 is 3. The van der Waals surface area contributed by atoms with Gasteiger partial charge in [0.25, 0.3) is 5.91 Å². The topological polar surface area (TPSA) is 66.0 Å². The first-order chi connectivity index (χ1) is 12.5. The van der Waals surface area contributed by atoms with E-state index in [9.17, 15) is 13.6 Å². The summed E-state index contributed by atoms with van der Waals surface area (Å²) in [5.74, 6) is 0.278. The zero-order valence-corrected chi connectivity index (χ0v) is 14.5. The molecule has 140 valence electrons. The number of alkyl halides is 2. The molecule has 8 heteroatoms. The number of halogens is 2. The molecule has 0 bridgehead atoms. The third kappa shape index (κ3) is 4.53. The van der Waals surface area contributed by atoms with Crippen molar-refractivity contribution in [3.63, 3.8) is 0 Å². The van der Waals surface area contributed by atoms with Crippen molar-refractivity contribution >= 4 is 5.91 Å². The van der Waals surface area contributed by atoms with Gasteiger partial charge in [0.05, 0.1) is 26.9 Å². The van der Waals surface area contributed by atoms with E-state index in [1.54, 1.807) is 18.2 Å². The minimum atomic E-state index is -3.09. The monoisotopic (exact) mass is 367 g/mol. The van der Waals surface area contributed by atoms with E-state index in [4.69, 9.17) is 14.2 Å². The molecule has 0 aliphatic heterocycles. The van der Waals surface area contributed by atoms with Crippen LogP contribution in [0.4, 0.5) is 8.78 Å². The van der Waals surface area contributed by atoms with Gasteiger partial charge in [0.1, 0.15) is 11.5 Å². The molecule has 0 spiro atoms. The van der Waals surface area contributed by atoms with Gasteiger partial charge in [-0.3, -0.25) is 4.79 Å². The number of amides is 1. The van der Waals surface area contributed by atoms with Gasteiger partial charge >= 0.3 is 6.61 Å². The number of benzene rings is 2. The van der Waals surface area contributed by atoms with Crippen LogP contribution in [0.1, 0.15) is 15.9 Å². The van der Waals surface area contributed by atoms with Gasteiger partial charge in [-0.05, 0) is 30.3 Å². The van der Waals surface area contributed by atoms with Gasteiger partial charge in [0.2, 0.25) is 0 Å². The largest absolute Gasteiger partial charge is 0.497 e. The minimum absolute atomic E-state index is 0.0388. The van der Waals surface area contributed by atoms with Crippen LogP contribution in [0, 0.1) is 0 Å². The molecule has 0 heterocycles. The Balaban J connectivity index is 2.23. The van der Waals surface area contributed by atoms with Crippen LogP contribution in [-0.4, -0.2) is 33.8 Å². The maximum atomic E-state index is 12.7. The second-order valence-electron chi connectivity index (χ2n) is 5.08. The highest BCUT2D eigenvalue weighted by molar-refractivity contribution is 5.97. The summed E-state index contributed by atoms with van der Waals surface area (Å²) < 4.78 is 45.2. The molecule has 0 aliphatic carbocycles. The summed E-state index contributed by atoms with van der Waals surface area (Å²) in [6.07, 6.45) is 0. The van der Waals surface area contributed by atoms with Crippen LogP contribution in [0.15, 0.2) is 36.4 Å². The second-order valence-corrected chi connectivity index (χ2v) is 5.08. The number of para-hydroxylation sites is 1. The fourth-order valence-electron chi connectivity index (χ4n) is 2.36. The van der Waals surface area contributed by atoms with E-state index in [-0.39, 0.29) is 23.6 Å². The van der Waals surface area contributed by atoms with E-state index in [0.717, 1.165) is 0 Å². The van der Waals surface area contributed by atoms with E-state index < -0.39 is 12.5 Å². The fourth-order valence-corrected chi connectivity index (χ4v) is 2.36. The summed E-state index contributed by atoms with van der Waals surface area (Å²) in [7, 11) is 4.33. The second kappa shape index (κ2) is 8.89. The van der Waals surface area contributed by atoms with Crippen molar-refractivity contribution in [1.29, 1.82) is 0 Å². The summed E-state index contributed by atoms with van der Waals surface area (Å²) >= 11 is 0. The lowest BCUT2D eigenvalue weighted by Gasteiger charge is -2.15. The molecular weight excluding hydrogens is 348 g/mol. The van der Waals surface area contributed by atoms with Gasteiger partial charge in [0.15, 0.2) is 11.5 Å². The molecule has 0 atom stereocenters. The van der Waals surface area contributed by atoms with E-state index in [0.29, 0.717) is 17.1 Å². The first-order valence-corrected chi connectivity index (χ1v) is 7.61. The molecule has 2 rings (SSSR count). The standard InChI is InChI=1S/C18H19F2NO5/c1-23-12-7-8-14(24-2)11(9-12)10-21-17(22)13-5-4-6-15(25-3)16(13)26-18(19)20/h4-9,18H,10H2,1-3H3,(H,21,22). The van der Waals surface area contributed by atoms with Crippen molar-refractivity contribution in [2.24, 2.45) is 0 Å². The molecular formula is C18H19F2NO5. The van der Waals surface area contributed by atoms with E-state index >= 15 is 0 Å². The van der Waals surface area contributed by atoms with Crippen molar-refractivity contribution in [3.8, 4) is 23.0 Å². The number of hydrogen-bond donors (Lipinski definition) is 1. The first kappa shape index (κ1) is 19.3. The summed E-state index contributed by atoms with van der Waals surface area (Å²) in [5.41, 5.74) is 0.603. The van der Waals surface area contributed by atoms with Crippen molar-refractivity contribution < 1.29 is 32.5 Å². The Hall–Kier alpha value is -3.03. The smallest absolute Gasteiger partial charge is 0.387 e. The molecule has 0 fully saturated rings. The molecule has 0 saturated carbocycles. The molecule has 26 heavy (non-hydrogen) atoms. The van der Waals surface area contributed by atoms with Crippen LogP contribution in [-0.2, 0) is 6.54 Å². The molecule has 0 unspecified atom stereocenters. The van der Waals surface area contributed by atoms with Crippen LogP contribution < -0.4 is 24.3 Å². The lowest BCUT2D eigenvalue weighted by Crippen LogP contribution is -2.24. The summed E-state index contributed by atoms with van der Waals surface area (Å²) in [6, 6.07) is 9.45. The summed E-state index contributed by atoms with van der Waals surface area (Å²) in [4.78, 5) is 12.5. The zero-order chi connectivity index (χ0) is 19.1. The van der Waals surface area contributed by atoms with Gasteiger partial charge < -0.3 is 24.3 Å². The average molecular weight is 367 g/mol. The van der Waals surface area contributed by atoms with Crippen LogP contribution in [0.5, 0.6) is 23.0 Å². The summed E-state index contributed by atoms with van der Waals surface area (Å²) in [6.45, 7) is -2.99. The Morgan fingerprint density at radius 1 is 1.04 bits per heavy atom. The van der Waals surface area contributed by atoms with Crippen molar-refractivity contribution in [3.05, 3.63) is 47.5 Å². The minimum Gasteiger partial charge on any atom is -0.497 e. The van der Waals surface area contributed by atoms with Gasteiger partial charge in [0, 0.05) is 12.1 Å². The molecule has 6 nitrogen and oxygen atoms in total. The zero-order valence-electron chi connectivity index (χ0n) is 14.5. The first-order valence-electron chi connectivity index (χ1n) is 7.61. The van der Waals surface area contributed by atoms with Gasteiger partial charge in [-0.15, -0.1) is 0 Å². The van der Waals surface area contributed by atoms with Gasteiger partial charge in [-0.1, -0.05) is 6.07 Å². The maximum Gasteiger partial charge on any atom is 0.387 e. The Kier molecular flexibility index (Phi) is 6.60. The number of hydrogen-bond acceptors (Lipinski definition) is 5. The lowest BCUT2D eigenvalue weighted by molar-refractivity contribution is -0.0515. The Morgan fingerprint density at radius 2 is 1.77 bits per heavy atom. The number of carbonyl (C=O) groups excluding carboxylic acids is 1. The third-order valence-electron chi connectivity index (χ3n) is 3.58. The van der Waals surface area contributed by atoms with Crippen molar-refractivity contribution in [2.75, 3.05) is 21.3 Å². The summed E-state index contributed by atoms with van der Waals surface area (Å²) in [5, 5.41) is 2.65. The van der Waals surface area contributed by atoms with Crippen LogP contribution in [0.2, 0.25) is 0 Å². The van der Waals surface area contributed by atoms with Crippen LogP contribution in [0.25, 0.3) is 0 Å². The predicted molar refractivity (Wildman–Crippen MR) is 90.3 cm³/mol. The Bertz CT molecular complexity index is 767. The molecule has 2 aromatic rings. The molecule has 0 aromatic heterocycles. The lowest BCUT2D eigenvalue weighted by atomic mass is 10.1. The van der Waals surface area contributed by atoms with Gasteiger partial charge in [-0.25, -0.2) is 0 Å². The molecule has 1 N–H and O–H groups in total. The highest BCUT2D eigenvalue weighted by atomic mass is 19.3. The SMILES string of the molecule is COc1ccc(OC)c(CNC(=O)c2cccc(OC)c2OC(F)F)c1. The molecule has 0 radical (unpaired) electrons. The molecule has 2 aromatic carbocycles. The van der Waals surface area contributed by atoms with Crippen LogP contribution >= 0.6 is 0 Å². The van der Waals surface area contributed by atoms with E-state index in [2.05, 4.69) is 10.1 Å². The third-order valence-corrected chi connectivity index (χ3v) is 3.58.